The molecule has 2 N–H and O–H groups in total. The third-order valence-corrected chi connectivity index (χ3v) is 4.59. The van der Waals surface area contributed by atoms with Crippen LogP contribution in [-0.2, 0) is 9.53 Å². The van der Waals surface area contributed by atoms with Crippen molar-refractivity contribution < 1.29 is 9.53 Å². The standard InChI is InChI=1S/C14H26N2O2/c1-3-11-8-16(6-4-13(11)15)14(17)12-5-7-18-9-10(12)2/h10-13H,3-9,15H2,1-2H3. The zero-order chi connectivity index (χ0) is 13.1. The van der Waals surface area contributed by atoms with Crippen molar-refractivity contribution in [2.45, 2.75) is 39.2 Å². The van der Waals surface area contributed by atoms with Crippen LogP contribution in [0, 0.1) is 17.8 Å². The molecule has 2 aliphatic heterocycles. The second-order valence-electron chi connectivity index (χ2n) is 5.85. The molecule has 104 valence electrons. The van der Waals surface area contributed by atoms with Gasteiger partial charge in [0.05, 0.1) is 0 Å². The number of likely N-dealkylation sites (tertiary alicyclic amines) is 1. The molecular formula is C14H26N2O2. The van der Waals surface area contributed by atoms with E-state index in [9.17, 15) is 4.79 Å². The number of carbonyl (C=O) groups excluding carboxylic acids is 1. The lowest BCUT2D eigenvalue weighted by Crippen LogP contribution is -2.52. The van der Waals surface area contributed by atoms with Crippen LogP contribution in [-0.4, -0.2) is 43.2 Å². The first-order chi connectivity index (χ1) is 8.63. The summed E-state index contributed by atoms with van der Waals surface area (Å²) in [6, 6.07) is 0.270. The zero-order valence-corrected chi connectivity index (χ0v) is 11.6. The Morgan fingerprint density at radius 3 is 2.89 bits per heavy atom. The van der Waals surface area contributed by atoms with Gasteiger partial charge in [0.2, 0.25) is 5.91 Å². The van der Waals surface area contributed by atoms with Crippen LogP contribution in [0.25, 0.3) is 0 Å². The molecule has 2 heterocycles. The van der Waals surface area contributed by atoms with Crippen molar-refractivity contribution in [1.29, 1.82) is 0 Å². The van der Waals surface area contributed by atoms with E-state index in [1.54, 1.807) is 0 Å². The molecule has 0 radical (unpaired) electrons. The van der Waals surface area contributed by atoms with Crippen molar-refractivity contribution in [2.75, 3.05) is 26.3 Å². The smallest absolute Gasteiger partial charge is 0.226 e. The molecule has 4 atom stereocenters. The maximum Gasteiger partial charge on any atom is 0.226 e. The first-order valence-corrected chi connectivity index (χ1v) is 7.25. The molecule has 2 aliphatic rings. The minimum atomic E-state index is 0.158. The summed E-state index contributed by atoms with van der Waals surface area (Å²) in [5, 5.41) is 0. The van der Waals surface area contributed by atoms with Crippen LogP contribution in [0.15, 0.2) is 0 Å². The van der Waals surface area contributed by atoms with Crippen LogP contribution in [0.4, 0.5) is 0 Å². The molecule has 4 heteroatoms. The van der Waals surface area contributed by atoms with Crippen molar-refractivity contribution in [3.8, 4) is 0 Å². The molecule has 2 saturated heterocycles. The molecular weight excluding hydrogens is 228 g/mol. The average molecular weight is 254 g/mol. The second-order valence-corrected chi connectivity index (χ2v) is 5.85. The number of hydrogen-bond donors (Lipinski definition) is 1. The number of amides is 1. The molecule has 4 unspecified atom stereocenters. The van der Waals surface area contributed by atoms with E-state index in [1.165, 1.54) is 0 Å². The van der Waals surface area contributed by atoms with E-state index >= 15 is 0 Å². The Labute approximate surface area is 110 Å². The number of rotatable bonds is 2. The number of piperidine rings is 1. The Balaban J connectivity index is 1.96. The average Bonchev–Trinajstić information content (AvgIpc) is 2.39. The summed E-state index contributed by atoms with van der Waals surface area (Å²) in [6.45, 7) is 7.41. The van der Waals surface area contributed by atoms with Crippen molar-refractivity contribution in [1.82, 2.24) is 4.90 Å². The van der Waals surface area contributed by atoms with Gasteiger partial charge < -0.3 is 15.4 Å². The highest BCUT2D eigenvalue weighted by atomic mass is 16.5. The first kappa shape index (κ1) is 13.8. The predicted molar refractivity (Wildman–Crippen MR) is 71.0 cm³/mol. The molecule has 0 bridgehead atoms. The van der Waals surface area contributed by atoms with Gasteiger partial charge in [-0.25, -0.2) is 0 Å². The van der Waals surface area contributed by atoms with Crippen LogP contribution >= 0.6 is 0 Å². The van der Waals surface area contributed by atoms with Crippen molar-refractivity contribution in [3.05, 3.63) is 0 Å². The Bertz CT molecular complexity index is 296. The molecule has 4 nitrogen and oxygen atoms in total. The maximum atomic E-state index is 12.6. The lowest BCUT2D eigenvalue weighted by Gasteiger charge is -2.40. The summed E-state index contributed by atoms with van der Waals surface area (Å²) in [5.41, 5.74) is 6.10. The van der Waals surface area contributed by atoms with Gasteiger partial charge in [-0.2, -0.15) is 0 Å². The van der Waals surface area contributed by atoms with E-state index in [0.29, 0.717) is 17.7 Å². The molecule has 0 aliphatic carbocycles. The quantitative estimate of drug-likeness (QED) is 0.807. The summed E-state index contributed by atoms with van der Waals surface area (Å²) >= 11 is 0. The monoisotopic (exact) mass is 254 g/mol. The minimum absolute atomic E-state index is 0.158. The van der Waals surface area contributed by atoms with Crippen LogP contribution < -0.4 is 5.73 Å². The summed E-state index contributed by atoms with van der Waals surface area (Å²) in [7, 11) is 0. The third kappa shape index (κ3) is 2.86. The largest absolute Gasteiger partial charge is 0.381 e. The highest BCUT2D eigenvalue weighted by Gasteiger charge is 2.35. The molecule has 0 saturated carbocycles. The van der Waals surface area contributed by atoms with Crippen LogP contribution in [0.5, 0.6) is 0 Å². The molecule has 0 spiro atoms. The van der Waals surface area contributed by atoms with Crippen molar-refractivity contribution in [3.63, 3.8) is 0 Å². The SMILES string of the molecule is CCC1CN(C(=O)C2CCOCC2C)CCC1N. The molecule has 0 aromatic rings. The summed E-state index contributed by atoms with van der Waals surface area (Å²) in [6.07, 6.45) is 2.88. The molecule has 0 aromatic carbocycles. The fraction of sp³-hybridized carbons (Fsp3) is 0.929. The fourth-order valence-corrected chi connectivity index (χ4v) is 3.16. The highest BCUT2D eigenvalue weighted by Crippen LogP contribution is 2.26. The van der Waals surface area contributed by atoms with Crippen LogP contribution in [0.3, 0.4) is 0 Å². The van der Waals surface area contributed by atoms with E-state index in [-0.39, 0.29) is 12.0 Å². The number of ether oxygens (including phenoxy) is 1. The predicted octanol–water partition coefficient (Wildman–Crippen LogP) is 1.24. The van der Waals surface area contributed by atoms with Crippen LogP contribution in [0.2, 0.25) is 0 Å². The first-order valence-electron chi connectivity index (χ1n) is 7.25. The van der Waals surface area contributed by atoms with Gasteiger partial charge in [0.15, 0.2) is 0 Å². The van der Waals surface area contributed by atoms with Gasteiger partial charge in [-0.05, 0) is 24.7 Å². The van der Waals surface area contributed by atoms with E-state index in [1.807, 2.05) is 4.90 Å². The molecule has 1 amide bonds. The third-order valence-electron chi connectivity index (χ3n) is 4.59. The molecule has 2 fully saturated rings. The van der Waals surface area contributed by atoms with Gasteiger partial charge in [-0.3, -0.25) is 4.79 Å². The number of nitrogens with zero attached hydrogens (tertiary/aromatic N) is 1. The van der Waals surface area contributed by atoms with Gasteiger partial charge in [-0.1, -0.05) is 20.3 Å². The van der Waals surface area contributed by atoms with E-state index in [0.717, 1.165) is 45.6 Å². The topological polar surface area (TPSA) is 55.6 Å². The van der Waals surface area contributed by atoms with Gasteiger partial charge in [-0.15, -0.1) is 0 Å². The van der Waals surface area contributed by atoms with Crippen LogP contribution in [0.1, 0.15) is 33.1 Å². The second kappa shape index (κ2) is 6.02. The normalized spacial score (nSPS) is 37.6. The Kier molecular flexibility index (Phi) is 4.62. The Hall–Kier alpha value is -0.610. The lowest BCUT2D eigenvalue weighted by atomic mass is 9.86. The van der Waals surface area contributed by atoms with Gasteiger partial charge in [0.25, 0.3) is 0 Å². The minimum Gasteiger partial charge on any atom is -0.381 e. The van der Waals surface area contributed by atoms with Gasteiger partial charge in [0.1, 0.15) is 0 Å². The zero-order valence-electron chi connectivity index (χ0n) is 11.6. The summed E-state index contributed by atoms with van der Waals surface area (Å²) < 4.78 is 5.42. The van der Waals surface area contributed by atoms with Crippen molar-refractivity contribution in [2.24, 2.45) is 23.5 Å². The number of hydrogen-bond acceptors (Lipinski definition) is 3. The molecule has 2 rings (SSSR count). The van der Waals surface area contributed by atoms with E-state index < -0.39 is 0 Å². The van der Waals surface area contributed by atoms with Crippen molar-refractivity contribution >= 4 is 5.91 Å². The Morgan fingerprint density at radius 2 is 2.22 bits per heavy atom. The number of nitrogens with two attached hydrogens (primary N) is 1. The maximum absolute atomic E-state index is 12.6. The lowest BCUT2D eigenvalue weighted by molar-refractivity contribution is -0.143. The van der Waals surface area contributed by atoms with E-state index in [4.69, 9.17) is 10.5 Å². The summed E-state index contributed by atoms with van der Waals surface area (Å²) in [5.74, 6) is 1.31. The van der Waals surface area contributed by atoms with Gasteiger partial charge >= 0.3 is 0 Å². The van der Waals surface area contributed by atoms with Gasteiger partial charge in [0, 0.05) is 38.3 Å². The molecule has 18 heavy (non-hydrogen) atoms. The molecule has 0 aromatic heterocycles. The summed E-state index contributed by atoms with van der Waals surface area (Å²) in [4.78, 5) is 14.6. The number of carbonyl (C=O) groups is 1. The Morgan fingerprint density at radius 1 is 1.44 bits per heavy atom. The van der Waals surface area contributed by atoms with E-state index in [2.05, 4.69) is 13.8 Å². The highest BCUT2D eigenvalue weighted by molar-refractivity contribution is 5.79. The fourth-order valence-electron chi connectivity index (χ4n) is 3.16.